The van der Waals surface area contributed by atoms with Gasteiger partial charge in [-0.1, -0.05) is 0 Å². The maximum Gasteiger partial charge on any atom is 0.408 e. The lowest BCUT2D eigenvalue weighted by Gasteiger charge is -1.93. The first-order valence-electron chi connectivity index (χ1n) is 3.50. The average Bonchev–Trinajstić information content (AvgIpc) is 2.30. The van der Waals surface area contributed by atoms with Crippen LogP contribution in [0.15, 0.2) is 24.4 Å². The Morgan fingerprint density at radius 1 is 1.55 bits per heavy atom. The highest BCUT2D eigenvalue weighted by molar-refractivity contribution is 5.86. The molecule has 3 heteroatoms. The van der Waals surface area contributed by atoms with Gasteiger partial charge >= 0.3 is 12.2 Å². The van der Waals surface area contributed by atoms with Gasteiger partial charge < -0.3 is 4.74 Å². The number of aromatic nitrogens is 1. The third-order valence-electron chi connectivity index (χ3n) is 1.77. The summed E-state index contributed by atoms with van der Waals surface area (Å²) in [6.07, 6.45) is 1.68. The van der Waals surface area contributed by atoms with Crippen LogP contribution >= 0.6 is 0 Å². The summed E-state index contributed by atoms with van der Waals surface area (Å²) in [6, 6.07) is 5.46. The molecule has 11 heavy (non-hydrogen) atoms. The lowest BCUT2D eigenvalue weighted by molar-refractivity contribution is -0.739. The molecule has 0 aromatic carbocycles. The third-order valence-corrected chi connectivity index (χ3v) is 1.77. The maximum absolute atomic E-state index is 11.0. The molecule has 2 heterocycles. The van der Waals surface area contributed by atoms with Crippen molar-refractivity contribution < 1.29 is 14.1 Å². The largest absolute Gasteiger partial charge is 0.408 e. The summed E-state index contributed by atoms with van der Waals surface area (Å²) in [6.45, 7) is 1.84. The van der Waals surface area contributed by atoms with Crippen LogP contribution in [0.5, 0.6) is 0 Å². The van der Waals surface area contributed by atoms with Gasteiger partial charge in [-0.05, 0) is 6.07 Å². The maximum atomic E-state index is 11.0. The molecule has 0 unspecified atom stereocenters. The van der Waals surface area contributed by atoms with E-state index in [1.54, 1.807) is 6.07 Å². The number of carbonyl (C=O) groups is 1. The summed E-state index contributed by atoms with van der Waals surface area (Å²) in [5, 5.41) is 0. The molecule has 2 rings (SSSR count). The molecule has 0 saturated heterocycles. The van der Waals surface area contributed by atoms with Crippen LogP contribution in [0, 0.1) is 0 Å². The standard InChI is InChI=1S/C8H8NO2/c1-6-9-5-3-2-4-7(9)8(10)11-6/h2-6H,1H3/q+1/t6-/m1/s1. The van der Waals surface area contributed by atoms with Gasteiger partial charge in [-0.2, -0.15) is 4.57 Å². The number of esters is 1. The SMILES string of the molecule is C[C@H]1OC(=O)c2cccc[n+]21. The average molecular weight is 150 g/mol. The smallest absolute Gasteiger partial charge is 0.395 e. The molecule has 0 aliphatic carbocycles. The van der Waals surface area contributed by atoms with Crippen LogP contribution in [0.2, 0.25) is 0 Å². The van der Waals surface area contributed by atoms with Crippen molar-refractivity contribution in [2.24, 2.45) is 0 Å². The lowest BCUT2D eigenvalue weighted by Crippen LogP contribution is -2.36. The number of hydrogen-bond donors (Lipinski definition) is 0. The first-order valence-corrected chi connectivity index (χ1v) is 3.50. The molecule has 0 radical (unpaired) electrons. The van der Waals surface area contributed by atoms with E-state index >= 15 is 0 Å². The molecule has 0 bridgehead atoms. The molecule has 1 aliphatic rings. The molecule has 1 atom stereocenters. The monoisotopic (exact) mass is 150 g/mol. The molecule has 1 aliphatic heterocycles. The van der Waals surface area contributed by atoms with Gasteiger partial charge in [-0.15, -0.1) is 0 Å². The fraction of sp³-hybridized carbons (Fsp3) is 0.250. The van der Waals surface area contributed by atoms with E-state index in [-0.39, 0.29) is 12.2 Å². The number of rotatable bonds is 0. The Kier molecular flexibility index (Phi) is 1.18. The predicted octanol–water partition coefficient (Wildman–Crippen LogP) is 0.663. The summed E-state index contributed by atoms with van der Waals surface area (Å²) in [4.78, 5) is 11.0. The van der Waals surface area contributed by atoms with Crippen molar-refractivity contribution in [2.45, 2.75) is 13.2 Å². The number of hydrogen-bond acceptors (Lipinski definition) is 2. The first kappa shape index (κ1) is 6.34. The van der Waals surface area contributed by atoms with Crippen molar-refractivity contribution in [3.63, 3.8) is 0 Å². The summed E-state index contributed by atoms with van der Waals surface area (Å²) in [5.74, 6) is -0.238. The molecule has 0 saturated carbocycles. The van der Waals surface area contributed by atoms with Gasteiger partial charge in [-0.3, -0.25) is 0 Å². The van der Waals surface area contributed by atoms with Gasteiger partial charge in [-0.25, -0.2) is 4.79 Å². The minimum atomic E-state index is -0.238. The highest BCUT2D eigenvalue weighted by Gasteiger charge is 2.34. The van der Waals surface area contributed by atoms with E-state index in [0.717, 1.165) is 0 Å². The van der Waals surface area contributed by atoms with Crippen LogP contribution in [0.1, 0.15) is 23.6 Å². The second kappa shape index (κ2) is 2.05. The number of pyridine rings is 1. The molecule has 1 aromatic rings. The number of carbonyl (C=O) groups excluding carboxylic acids is 1. The van der Waals surface area contributed by atoms with Gasteiger partial charge in [0, 0.05) is 19.1 Å². The Morgan fingerprint density at radius 3 is 3.09 bits per heavy atom. The minimum Gasteiger partial charge on any atom is -0.395 e. The van der Waals surface area contributed by atoms with E-state index in [1.165, 1.54) is 0 Å². The number of ether oxygens (including phenoxy) is 1. The van der Waals surface area contributed by atoms with Gasteiger partial charge in [0.1, 0.15) is 0 Å². The van der Waals surface area contributed by atoms with Crippen LogP contribution in [-0.2, 0) is 4.74 Å². The Hall–Kier alpha value is -1.38. The fourth-order valence-corrected chi connectivity index (χ4v) is 1.22. The number of fused-ring (bicyclic) bond motifs is 1. The zero-order chi connectivity index (χ0) is 7.84. The molecule has 56 valence electrons. The fourth-order valence-electron chi connectivity index (χ4n) is 1.22. The molecule has 3 nitrogen and oxygen atoms in total. The predicted molar refractivity (Wildman–Crippen MR) is 36.8 cm³/mol. The number of cyclic esters (lactones) is 1. The van der Waals surface area contributed by atoms with Crippen LogP contribution < -0.4 is 4.57 Å². The van der Waals surface area contributed by atoms with Crippen molar-refractivity contribution in [3.8, 4) is 0 Å². The van der Waals surface area contributed by atoms with Crippen molar-refractivity contribution in [1.82, 2.24) is 0 Å². The van der Waals surface area contributed by atoms with Gasteiger partial charge in [0.2, 0.25) is 0 Å². The van der Waals surface area contributed by atoms with Crippen LogP contribution in [0.4, 0.5) is 0 Å². The van der Waals surface area contributed by atoms with E-state index in [4.69, 9.17) is 4.74 Å². The third kappa shape index (κ3) is 0.808. The lowest BCUT2D eigenvalue weighted by atomic mass is 10.3. The van der Waals surface area contributed by atoms with Gasteiger partial charge in [0.25, 0.3) is 5.69 Å². The van der Waals surface area contributed by atoms with E-state index < -0.39 is 0 Å². The Morgan fingerprint density at radius 2 is 2.36 bits per heavy atom. The van der Waals surface area contributed by atoms with E-state index in [0.29, 0.717) is 5.69 Å². The van der Waals surface area contributed by atoms with E-state index in [1.807, 2.05) is 29.8 Å². The second-order valence-electron chi connectivity index (χ2n) is 2.50. The van der Waals surface area contributed by atoms with Crippen molar-refractivity contribution in [2.75, 3.05) is 0 Å². The Balaban J connectivity index is 2.60. The molecule has 0 amide bonds. The van der Waals surface area contributed by atoms with E-state index in [2.05, 4.69) is 0 Å². The minimum absolute atomic E-state index is 0.154. The van der Waals surface area contributed by atoms with Gasteiger partial charge in [0.15, 0.2) is 6.20 Å². The number of nitrogens with zero attached hydrogens (tertiary/aromatic N) is 1. The normalized spacial score (nSPS) is 21.2. The molecule has 0 spiro atoms. The zero-order valence-electron chi connectivity index (χ0n) is 6.15. The highest BCUT2D eigenvalue weighted by atomic mass is 16.6. The van der Waals surface area contributed by atoms with Crippen molar-refractivity contribution >= 4 is 5.97 Å². The summed E-state index contributed by atoms with van der Waals surface area (Å²) >= 11 is 0. The topological polar surface area (TPSA) is 30.2 Å². The summed E-state index contributed by atoms with van der Waals surface area (Å²) < 4.78 is 6.76. The molecular weight excluding hydrogens is 142 g/mol. The second-order valence-corrected chi connectivity index (χ2v) is 2.50. The van der Waals surface area contributed by atoms with Gasteiger partial charge in [0.05, 0.1) is 0 Å². The van der Waals surface area contributed by atoms with E-state index in [9.17, 15) is 4.79 Å². The highest BCUT2D eigenvalue weighted by Crippen LogP contribution is 2.11. The van der Waals surface area contributed by atoms with Crippen LogP contribution in [0.3, 0.4) is 0 Å². The first-order chi connectivity index (χ1) is 5.29. The molecular formula is C8H8NO2+. The van der Waals surface area contributed by atoms with Crippen LogP contribution in [0.25, 0.3) is 0 Å². The molecule has 0 N–H and O–H groups in total. The summed E-state index contributed by atoms with van der Waals surface area (Å²) in [5.41, 5.74) is 0.625. The Bertz CT molecular complexity index is 309. The molecule has 1 aromatic heterocycles. The van der Waals surface area contributed by atoms with Crippen molar-refractivity contribution in [3.05, 3.63) is 30.1 Å². The zero-order valence-corrected chi connectivity index (χ0v) is 6.15. The van der Waals surface area contributed by atoms with Crippen LogP contribution in [-0.4, -0.2) is 5.97 Å². The molecule has 0 fully saturated rings. The Labute approximate surface area is 64.2 Å². The van der Waals surface area contributed by atoms with Crippen molar-refractivity contribution in [1.29, 1.82) is 0 Å². The quantitative estimate of drug-likeness (QED) is 0.402. The summed E-state index contributed by atoms with van der Waals surface area (Å²) in [7, 11) is 0.